The highest BCUT2D eigenvalue weighted by atomic mass is 16.7. The fraction of sp³-hybridized carbons (Fsp3) is 0.410. The Morgan fingerprint density at radius 3 is 2.03 bits per heavy atom. The van der Waals surface area contributed by atoms with Crippen LogP contribution >= 0.6 is 0 Å². The molecule has 3 rings (SSSR count). The molecule has 2 aromatic carbocycles. The third-order valence-electron chi connectivity index (χ3n) is 8.82. The van der Waals surface area contributed by atoms with E-state index >= 15 is 0 Å². The summed E-state index contributed by atoms with van der Waals surface area (Å²) >= 11 is 0. The molecular weight excluding hydrogens is 818 g/mol. The van der Waals surface area contributed by atoms with Gasteiger partial charge in [-0.1, -0.05) is 26.0 Å². The lowest BCUT2D eigenvalue weighted by Crippen LogP contribution is -2.58. The van der Waals surface area contributed by atoms with Gasteiger partial charge in [-0.25, -0.2) is 9.59 Å². The maximum absolute atomic E-state index is 13.8. The van der Waals surface area contributed by atoms with Crippen LogP contribution in [0, 0.1) is 16.0 Å². The summed E-state index contributed by atoms with van der Waals surface area (Å²) < 4.78 is 15.0. The molecule has 0 spiro atoms. The monoisotopic (exact) mass is 867 g/mol. The van der Waals surface area contributed by atoms with Crippen LogP contribution in [0.2, 0.25) is 0 Å². The Bertz CT molecular complexity index is 1970. The lowest BCUT2D eigenvalue weighted by molar-refractivity contribution is -0.384. The molecule has 8 N–H and O–H groups in total. The number of rotatable bonds is 24. The first-order chi connectivity index (χ1) is 29.5. The minimum absolute atomic E-state index is 0.00363. The van der Waals surface area contributed by atoms with E-state index in [9.17, 15) is 53.3 Å². The smallest absolute Gasteiger partial charge is 0.429 e. The number of nitro benzene ring substituents is 1. The van der Waals surface area contributed by atoms with Crippen LogP contribution in [-0.2, 0) is 49.6 Å². The van der Waals surface area contributed by atoms with Crippen LogP contribution in [0.1, 0.15) is 45.1 Å². The lowest BCUT2D eigenvalue weighted by Gasteiger charge is -2.27. The maximum atomic E-state index is 13.8. The Hall–Kier alpha value is -7.43. The molecule has 0 saturated heterocycles. The Balaban J connectivity index is 1.68. The van der Waals surface area contributed by atoms with Crippen molar-refractivity contribution in [2.75, 3.05) is 38.7 Å². The van der Waals surface area contributed by atoms with E-state index in [1.165, 1.54) is 31.4 Å². The topological polar surface area (TPSA) is 326 Å². The van der Waals surface area contributed by atoms with Crippen molar-refractivity contribution >= 4 is 64.9 Å². The first-order valence-electron chi connectivity index (χ1n) is 19.2. The fourth-order valence-electron chi connectivity index (χ4n) is 5.53. The van der Waals surface area contributed by atoms with Crippen molar-refractivity contribution in [2.24, 2.45) is 11.7 Å². The molecule has 334 valence electrons. The molecule has 62 heavy (non-hydrogen) atoms. The first kappa shape index (κ1) is 48.9. The van der Waals surface area contributed by atoms with E-state index in [0.717, 1.165) is 24.3 Å². The van der Waals surface area contributed by atoms with Crippen LogP contribution in [-0.4, -0.2) is 115 Å². The van der Waals surface area contributed by atoms with Gasteiger partial charge in [0.05, 0.1) is 11.5 Å². The normalized spacial score (nSPS) is 13.3. The summed E-state index contributed by atoms with van der Waals surface area (Å²) in [6.45, 7) is 2.44. The second-order valence-electron chi connectivity index (χ2n) is 13.9. The number of nitrogens with one attached hydrogen (secondary N) is 6. The highest BCUT2D eigenvalue weighted by Gasteiger charge is 2.33. The van der Waals surface area contributed by atoms with Gasteiger partial charge in [-0.2, -0.15) is 0 Å². The number of anilines is 1. The molecule has 23 nitrogen and oxygen atoms in total. The van der Waals surface area contributed by atoms with Gasteiger partial charge in [-0.05, 0) is 55.0 Å². The van der Waals surface area contributed by atoms with E-state index in [1.54, 1.807) is 26.0 Å². The van der Waals surface area contributed by atoms with Crippen molar-refractivity contribution in [1.82, 2.24) is 31.5 Å². The summed E-state index contributed by atoms with van der Waals surface area (Å²) in [7, 11) is 1.42. The molecule has 0 bridgehead atoms. The van der Waals surface area contributed by atoms with E-state index < -0.39 is 89.0 Å². The average molecular weight is 868 g/mol. The zero-order valence-corrected chi connectivity index (χ0v) is 34.1. The van der Waals surface area contributed by atoms with E-state index in [4.69, 9.17) is 19.9 Å². The number of imide groups is 1. The Kier molecular flexibility index (Phi) is 19.4. The van der Waals surface area contributed by atoms with Crippen LogP contribution in [0.3, 0.4) is 0 Å². The number of nitro groups is 1. The van der Waals surface area contributed by atoms with E-state index in [-0.39, 0.29) is 69.1 Å². The summed E-state index contributed by atoms with van der Waals surface area (Å²) in [5.74, 6) is -5.53. The quantitative estimate of drug-likeness (QED) is 0.0186. The molecule has 1 aliphatic heterocycles. The minimum atomic E-state index is -1.35. The van der Waals surface area contributed by atoms with Crippen LogP contribution in [0.15, 0.2) is 60.7 Å². The van der Waals surface area contributed by atoms with Gasteiger partial charge in [0, 0.05) is 56.6 Å². The van der Waals surface area contributed by atoms with Gasteiger partial charge in [0.25, 0.3) is 17.5 Å². The molecule has 0 aliphatic carbocycles. The third-order valence-corrected chi connectivity index (χ3v) is 8.82. The molecule has 0 unspecified atom stereocenters. The zero-order valence-electron chi connectivity index (χ0n) is 34.1. The molecular formula is C39H49N9O14. The number of primary amides is 1. The largest absolute Gasteiger partial charge is 0.514 e. The van der Waals surface area contributed by atoms with Crippen molar-refractivity contribution in [3.8, 4) is 5.75 Å². The SMILES string of the molecule is COCCC(=O)NCC[C@H](NC(=O)CN1C(=O)C=CC1=O)C(=O)N[C@H](C(=O)N[C@@H](CCCNC(N)=O)C(=O)Nc1ccc(COC(=O)Oc2ccc([N+](=O)[O-])cc2)cc1)C(C)C. The summed E-state index contributed by atoms with van der Waals surface area (Å²) in [6, 6.07) is 6.26. The Morgan fingerprint density at radius 2 is 1.44 bits per heavy atom. The van der Waals surface area contributed by atoms with Crippen LogP contribution < -0.4 is 42.4 Å². The molecule has 23 heteroatoms. The molecule has 0 aromatic heterocycles. The molecule has 2 aromatic rings. The highest BCUT2D eigenvalue weighted by Crippen LogP contribution is 2.18. The molecule has 0 fully saturated rings. The summed E-state index contributed by atoms with van der Waals surface area (Å²) in [5.41, 5.74) is 5.76. The Labute approximate surface area is 354 Å². The van der Waals surface area contributed by atoms with Crippen molar-refractivity contribution in [1.29, 1.82) is 0 Å². The van der Waals surface area contributed by atoms with Gasteiger partial charge in [-0.3, -0.25) is 48.6 Å². The first-order valence-corrected chi connectivity index (χ1v) is 19.2. The zero-order chi connectivity index (χ0) is 45.8. The van der Waals surface area contributed by atoms with E-state index in [2.05, 4.69) is 31.9 Å². The van der Waals surface area contributed by atoms with Crippen LogP contribution in [0.4, 0.5) is 21.0 Å². The number of non-ortho nitro benzene ring substituents is 1. The van der Waals surface area contributed by atoms with Crippen molar-refractivity contribution in [2.45, 2.75) is 64.3 Å². The number of urea groups is 1. The van der Waals surface area contributed by atoms with Crippen LogP contribution in [0.25, 0.3) is 0 Å². The summed E-state index contributed by atoms with van der Waals surface area (Å²) in [4.78, 5) is 124. The van der Waals surface area contributed by atoms with Gasteiger partial charge in [0.15, 0.2) is 0 Å². The van der Waals surface area contributed by atoms with Crippen LogP contribution in [0.5, 0.6) is 5.75 Å². The molecule has 0 saturated carbocycles. The minimum Gasteiger partial charge on any atom is -0.429 e. The number of carbonyl (C=O) groups excluding carboxylic acids is 9. The predicted molar refractivity (Wildman–Crippen MR) is 216 cm³/mol. The van der Waals surface area contributed by atoms with Gasteiger partial charge in [0.1, 0.15) is 37.0 Å². The molecule has 1 heterocycles. The molecule has 3 atom stereocenters. The second-order valence-corrected chi connectivity index (χ2v) is 13.9. The summed E-state index contributed by atoms with van der Waals surface area (Å²) in [5, 5.41) is 26.2. The van der Waals surface area contributed by atoms with Gasteiger partial charge in [-0.15, -0.1) is 0 Å². The number of nitrogens with zero attached hydrogens (tertiary/aromatic N) is 2. The number of nitrogens with two attached hydrogens (primary N) is 1. The third kappa shape index (κ3) is 16.7. The fourth-order valence-corrected chi connectivity index (χ4v) is 5.53. The average Bonchev–Trinajstić information content (AvgIpc) is 3.54. The lowest BCUT2D eigenvalue weighted by atomic mass is 10.0. The number of carbonyl (C=O) groups is 9. The number of ether oxygens (including phenoxy) is 3. The number of hydrogen-bond acceptors (Lipinski definition) is 14. The van der Waals surface area contributed by atoms with Crippen molar-refractivity contribution in [3.63, 3.8) is 0 Å². The molecule has 9 amide bonds. The van der Waals surface area contributed by atoms with E-state index in [0.29, 0.717) is 10.5 Å². The highest BCUT2D eigenvalue weighted by molar-refractivity contribution is 6.14. The van der Waals surface area contributed by atoms with Gasteiger partial charge >= 0.3 is 12.2 Å². The molecule has 1 aliphatic rings. The van der Waals surface area contributed by atoms with E-state index in [1.807, 2.05) is 0 Å². The summed E-state index contributed by atoms with van der Waals surface area (Å²) in [6.07, 6.45) is 0.988. The van der Waals surface area contributed by atoms with Crippen molar-refractivity contribution in [3.05, 3.63) is 76.4 Å². The number of hydrogen-bond donors (Lipinski definition) is 7. The number of methoxy groups -OCH3 is 1. The van der Waals surface area contributed by atoms with Gasteiger partial charge in [0.2, 0.25) is 29.5 Å². The van der Waals surface area contributed by atoms with Crippen molar-refractivity contribution < 1.29 is 62.3 Å². The number of benzene rings is 2. The molecule has 0 radical (unpaired) electrons. The standard InChI is InChI=1S/C39H49N9O14/c1-23(2)34(46-36(54)29(16-19-41-30(49)17-20-60-3)44-31(50)21-47-32(51)14-15-33(47)52)37(55)45-28(5-4-18-42-38(40)56)35(53)43-25-8-6-24(7-9-25)22-61-39(57)62-27-12-10-26(11-13-27)48(58)59/h6-15,23,28-29,34H,4-5,16-22H2,1-3H3,(H,41,49)(H,43,53)(H,44,50)(H,45,55)(H,46,54)(H3,40,42,56)/t28-,29-,34-/m0/s1. The number of amides is 9. The predicted octanol–water partition coefficient (Wildman–Crippen LogP) is 0.276. The Morgan fingerprint density at radius 1 is 0.790 bits per heavy atom. The van der Waals surface area contributed by atoms with Gasteiger partial charge < -0.3 is 51.8 Å². The maximum Gasteiger partial charge on any atom is 0.514 e. The second kappa shape index (κ2) is 24.6.